The van der Waals surface area contributed by atoms with Crippen molar-refractivity contribution in [1.82, 2.24) is 9.55 Å². The van der Waals surface area contributed by atoms with E-state index in [0.717, 1.165) is 41.5 Å². The van der Waals surface area contributed by atoms with Crippen LogP contribution < -0.4 is 10.9 Å². The molecule has 8 heteroatoms. The van der Waals surface area contributed by atoms with E-state index in [2.05, 4.69) is 11.9 Å². The van der Waals surface area contributed by atoms with Crippen LogP contribution in [0.25, 0.3) is 10.2 Å². The van der Waals surface area contributed by atoms with Gasteiger partial charge in [-0.1, -0.05) is 30.0 Å². The number of rotatable bonds is 7. The van der Waals surface area contributed by atoms with Crippen LogP contribution in [0.4, 0.5) is 5.69 Å². The van der Waals surface area contributed by atoms with Gasteiger partial charge < -0.3 is 5.32 Å². The summed E-state index contributed by atoms with van der Waals surface area (Å²) in [4.78, 5) is 44.6. The van der Waals surface area contributed by atoms with E-state index in [-0.39, 0.29) is 17.2 Å². The zero-order valence-corrected chi connectivity index (χ0v) is 19.8. The summed E-state index contributed by atoms with van der Waals surface area (Å²) in [6.07, 6.45) is 5.83. The SMILES string of the molecule is C=CCn1c(SC(C)C(=O)Nc2cccc(C(C)=O)c2)nc2sc3c(c2c1=O)CCCC3. The fourth-order valence-corrected chi connectivity index (χ4v) is 6.09. The number of aromatic nitrogens is 2. The summed E-state index contributed by atoms with van der Waals surface area (Å²) in [6, 6.07) is 6.85. The summed E-state index contributed by atoms with van der Waals surface area (Å²) >= 11 is 2.86. The third kappa shape index (κ3) is 4.42. The molecule has 1 unspecified atom stereocenters. The predicted molar refractivity (Wildman–Crippen MR) is 131 cm³/mol. The molecule has 0 saturated heterocycles. The van der Waals surface area contributed by atoms with Gasteiger partial charge in [0.05, 0.1) is 10.6 Å². The maximum absolute atomic E-state index is 13.4. The van der Waals surface area contributed by atoms with Gasteiger partial charge in [-0.2, -0.15) is 0 Å². The van der Waals surface area contributed by atoms with Gasteiger partial charge >= 0.3 is 0 Å². The number of fused-ring (bicyclic) bond motifs is 3. The number of hydrogen-bond acceptors (Lipinski definition) is 6. The average molecular weight is 468 g/mol. The van der Waals surface area contributed by atoms with Gasteiger partial charge in [0.15, 0.2) is 10.9 Å². The molecule has 1 aliphatic rings. The number of Topliss-reactive ketones (excluding diaryl/α,β-unsaturated/α-hetero) is 1. The zero-order chi connectivity index (χ0) is 22.8. The molecule has 166 valence electrons. The predicted octanol–water partition coefficient (Wildman–Crippen LogP) is 4.84. The van der Waals surface area contributed by atoms with Gasteiger partial charge in [0.2, 0.25) is 5.91 Å². The number of allylic oxidation sites excluding steroid dienone is 1. The van der Waals surface area contributed by atoms with Crippen molar-refractivity contribution in [3.63, 3.8) is 0 Å². The second-order valence-corrected chi connectivity index (χ2v) is 10.3. The molecule has 32 heavy (non-hydrogen) atoms. The Hall–Kier alpha value is -2.71. The summed E-state index contributed by atoms with van der Waals surface area (Å²) in [5.41, 5.74) is 2.20. The number of nitrogens with one attached hydrogen (secondary N) is 1. The van der Waals surface area contributed by atoms with Gasteiger partial charge in [-0.3, -0.25) is 19.0 Å². The van der Waals surface area contributed by atoms with Crippen molar-refractivity contribution in [3.05, 3.63) is 63.3 Å². The highest BCUT2D eigenvalue weighted by molar-refractivity contribution is 8.00. The molecule has 1 aliphatic carbocycles. The molecule has 6 nitrogen and oxygen atoms in total. The van der Waals surface area contributed by atoms with E-state index < -0.39 is 5.25 Å². The first kappa shape index (κ1) is 22.5. The zero-order valence-electron chi connectivity index (χ0n) is 18.1. The fraction of sp³-hybridized carbons (Fsp3) is 0.333. The number of amides is 1. The topological polar surface area (TPSA) is 81.1 Å². The van der Waals surface area contributed by atoms with Gasteiger partial charge in [-0.05, 0) is 57.2 Å². The van der Waals surface area contributed by atoms with Crippen molar-refractivity contribution in [1.29, 1.82) is 0 Å². The van der Waals surface area contributed by atoms with Crippen LogP contribution in [-0.4, -0.2) is 26.5 Å². The molecule has 2 heterocycles. The molecule has 0 bridgehead atoms. The number of anilines is 1. The van der Waals surface area contributed by atoms with Gasteiger partial charge in [0.25, 0.3) is 5.56 Å². The maximum Gasteiger partial charge on any atom is 0.263 e. The van der Waals surface area contributed by atoms with E-state index in [4.69, 9.17) is 4.98 Å². The smallest absolute Gasteiger partial charge is 0.263 e. The van der Waals surface area contributed by atoms with Crippen molar-refractivity contribution in [2.24, 2.45) is 0 Å². The Morgan fingerprint density at radius 2 is 2.12 bits per heavy atom. The first-order valence-electron chi connectivity index (χ1n) is 10.6. The molecule has 1 amide bonds. The van der Waals surface area contributed by atoms with E-state index in [9.17, 15) is 14.4 Å². The highest BCUT2D eigenvalue weighted by Crippen LogP contribution is 2.35. The number of ketones is 1. The molecule has 0 fully saturated rings. The second-order valence-electron chi connectivity index (χ2n) is 7.88. The Kier molecular flexibility index (Phi) is 6.62. The van der Waals surface area contributed by atoms with Crippen LogP contribution in [-0.2, 0) is 24.2 Å². The largest absolute Gasteiger partial charge is 0.325 e. The van der Waals surface area contributed by atoms with Crippen molar-refractivity contribution < 1.29 is 9.59 Å². The maximum atomic E-state index is 13.4. The number of thiophene rings is 1. The lowest BCUT2D eigenvalue weighted by molar-refractivity contribution is -0.115. The minimum Gasteiger partial charge on any atom is -0.325 e. The number of benzene rings is 1. The number of nitrogens with zero attached hydrogens (tertiary/aromatic N) is 2. The second kappa shape index (κ2) is 9.42. The number of aryl methyl sites for hydroxylation is 2. The Morgan fingerprint density at radius 3 is 2.88 bits per heavy atom. The molecule has 0 spiro atoms. The molecule has 4 rings (SSSR count). The van der Waals surface area contributed by atoms with Crippen LogP contribution in [0.5, 0.6) is 0 Å². The van der Waals surface area contributed by atoms with Crippen molar-refractivity contribution in [2.45, 2.75) is 56.5 Å². The molecule has 1 atom stereocenters. The third-order valence-corrected chi connectivity index (χ3v) is 7.82. The van der Waals surface area contributed by atoms with E-state index in [1.807, 2.05) is 0 Å². The number of carbonyl (C=O) groups is 2. The van der Waals surface area contributed by atoms with Crippen molar-refractivity contribution in [3.8, 4) is 0 Å². The van der Waals surface area contributed by atoms with Crippen LogP contribution in [0, 0.1) is 0 Å². The van der Waals surface area contributed by atoms with Crippen LogP contribution in [0.15, 0.2) is 46.9 Å². The monoisotopic (exact) mass is 467 g/mol. The first-order valence-corrected chi connectivity index (χ1v) is 12.3. The van der Waals surface area contributed by atoms with Crippen molar-refractivity contribution in [2.75, 3.05) is 5.32 Å². The van der Waals surface area contributed by atoms with Gasteiger partial charge in [0.1, 0.15) is 4.83 Å². The minimum atomic E-state index is -0.494. The molecule has 0 radical (unpaired) electrons. The van der Waals surface area contributed by atoms with E-state index in [1.54, 1.807) is 53.2 Å². The van der Waals surface area contributed by atoms with E-state index in [1.165, 1.54) is 23.6 Å². The minimum absolute atomic E-state index is 0.0569. The quantitative estimate of drug-likeness (QED) is 0.233. The summed E-state index contributed by atoms with van der Waals surface area (Å²) in [5.74, 6) is -0.284. The molecule has 0 saturated carbocycles. The Labute approximate surface area is 194 Å². The van der Waals surface area contributed by atoms with Gasteiger partial charge in [-0.25, -0.2) is 4.98 Å². The van der Waals surface area contributed by atoms with E-state index in [0.29, 0.717) is 23.0 Å². The summed E-state index contributed by atoms with van der Waals surface area (Å²) < 4.78 is 1.61. The summed E-state index contributed by atoms with van der Waals surface area (Å²) in [6.45, 7) is 7.39. The molecule has 1 aromatic carbocycles. The summed E-state index contributed by atoms with van der Waals surface area (Å²) in [7, 11) is 0. The fourth-order valence-electron chi connectivity index (χ4n) is 3.87. The molecular weight excluding hydrogens is 442 g/mol. The van der Waals surface area contributed by atoms with Gasteiger partial charge in [0, 0.05) is 22.7 Å². The highest BCUT2D eigenvalue weighted by Gasteiger charge is 2.24. The molecule has 2 aromatic heterocycles. The van der Waals surface area contributed by atoms with E-state index >= 15 is 0 Å². The Morgan fingerprint density at radius 1 is 1.34 bits per heavy atom. The molecule has 3 aromatic rings. The lowest BCUT2D eigenvalue weighted by atomic mass is 9.97. The van der Waals surface area contributed by atoms with Crippen LogP contribution in [0.3, 0.4) is 0 Å². The Balaban J connectivity index is 1.62. The molecule has 0 aliphatic heterocycles. The van der Waals surface area contributed by atoms with Crippen LogP contribution in [0.2, 0.25) is 0 Å². The molecular formula is C24H25N3O3S2. The standard InChI is InChI=1S/C24H25N3O3S2/c1-4-12-27-23(30)20-18-10-5-6-11-19(18)32-22(20)26-24(27)31-15(3)21(29)25-17-9-7-8-16(13-17)14(2)28/h4,7-9,13,15H,1,5-6,10-12H2,2-3H3,(H,25,29). The van der Waals surface area contributed by atoms with Crippen LogP contribution >= 0.6 is 23.1 Å². The third-order valence-electron chi connectivity index (χ3n) is 5.54. The van der Waals surface area contributed by atoms with Crippen molar-refractivity contribution >= 4 is 50.7 Å². The number of carbonyl (C=O) groups excluding carboxylic acids is 2. The number of hydrogen-bond donors (Lipinski definition) is 1. The lowest BCUT2D eigenvalue weighted by Crippen LogP contribution is -2.27. The van der Waals surface area contributed by atoms with Crippen LogP contribution in [0.1, 0.15) is 47.5 Å². The molecule has 1 N–H and O–H groups in total. The summed E-state index contributed by atoms with van der Waals surface area (Å²) in [5, 5.41) is 3.61. The average Bonchev–Trinajstić information content (AvgIpc) is 3.15. The Bertz CT molecular complexity index is 1280. The highest BCUT2D eigenvalue weighted by atomic mass is 32.2. The lowest BCUT2D eigenvalue weighted by Gasteiger charge is -2.15. The first-order chi connectivity index (χ1) is 15.4. The van der Waals surface area contributed by atoms with Gasteiger partial charge in [-0.15, -0.1) is 17.9 Å². The number of thioether (sulfide) groups is 1. The normalized spacial score (nSPS) is 14.1.